The van der Waals surface area contributed by atoms with E-state index in [1.165, 1.54) is 30.3 Å². The molecule has 0 spiro atoms. The number of nitrogens with two attached hydrogens (primary N) is 1. The number of carbonyl (C=O) groups excluding carboxylic acids is 2. The van der Waals surface area contributed by atoms with Crippen molar-refractivity contribution in [3.63, 3.8) is 0 Å². The Balaban J connectivity index is 1.66. The van der Waals surface area contributed by atoms with Crippen LogP contribution in [0.15, 0.2) is 75.1 Å². The predicted molar refractivity (Wildman–Crippen MR) is 132 cm³/mol. The lowest BCUT2D eigenvalue weighted by Crippen LogP contribution is -2.46. The summed E-state index contributed by atoms with van der Waals surface area (Å²) >= 11 is 7.06. The molecular formula is C22H20ClN3O6S3. The van der Waals surface area contributed by atoms with Gasteiger partial charge in [0.15, 0.2) is 0 Å². The summed E-state index contributed by atoms with van der Waals surface area (Å²) in [5, 5.41) is 7.22. The van der Waals surface area contributed by atoms with Gasteiger partial charge in [-0.2, -0.15) is 4.31 Å². The van der Waals surface area contributed by atoms with E-state index in [1.807, 2.05) is 0 Å². The Bertz CT molecular complexity index is 1470. The SMILES string of the molecule is NS(=O)(=O)c1ccc(N2C(=O)CC(N(CCc3cccc(Cl)c3)S(=O)(=O)c3cccs3)C2=O)cc1. The van der Waals surface area contributed by atoms with Gasteiger partial charge in [0.2, 0.25) is 15.9 Å². The fourth-order valence-corrected chi connectivity index (χ4v) is 7.23. The zero-order valence-corrected chi connectivity index (χ0v) is 21.3. The number of hydrogen-bond donors (Lipinski definition) is 1. The van der Waals surface area contributed by atoms with Crippen LogP contribution in [-0.4, -0.2) is 45.5 Å². The number of anilines is 1. The maximum Gasteiger partial charge on any atom is 0.253 e. The predicted octanol–water partition coefficient (Wildman–Crippen LogP) is 2.61. The van der Waals surface area contributed by atoms with Crippen LogP contribution in [0.5, 0.6) is 0 Å². The van der Waals surface area contributed by atoms with E-state index in [0.717, 1.165) is 26.1 Å². The molecule has 35 heavy (non-hydrogen) atoms. The molecule has 0 aliphatic carbocycles. The molecule has 9 nitrogen and oxygen atoms in total. The Morgan fingerprint density at radius 2 is 1.74 bits per heavy atom. The number of rotatable bonds is 8. The Hall–Kier alpha value is -2.61. The van der Waals surface area contributed by atoms with E-state index in [2.05, 4.69) is 0 Å². The van der Waals surface area contributed by atoms with Gasteiger partial charge in [-0.3, -0.25) is 9.59 Å². The number of hydrogen-bond acceptors (Lipinski definition) is 7. The van der Waals surface area contributed by atoms with Gasteiger partial charge in [-0.05, 0) is 59.8 Å². The standard InChI is InChI=1S/C22H20ClN3O6S3/c23-16-4-1-3-15(13-16)10-11-25(35(31,32)21-5-2-12-33-21)19-14-20(27)26(22(19)28)17-6-8-18(9-7-17)34(24,29)30/h1-9,12-13,19H,10-11,14H2,(H2,24,29,30). The average molecular weight is 554 g/mol. The molecule has 1 aliphatic rings. The zero-order chi connectivity index (χ0) is 25.4. The second-order valence-corrected chi connectivity index (χ2v) is 12.8. The Kier molecular flexibility index (Phi) is 7.13. The number of carbonyl (C=O) groups is 2. The molecule has 3 aromatic rings. The molecular weight excluding hydrogens is 534 g/mol. The minimum absolute atomic E-state index is 0.0531. The first-order valence-corrected chi connectivity index (χ1v) is 14.5. The highest BCUT2D eigenvalue weighted by Gasteiger charge is 2.47. The highest BCUT2D eigenvalue weighted by Crippen LogP contribution is 2.31. The van der Waals surface area contributed by atoms with E-state index in [0.29, 0.717) is 5.02 Å². The maximum atomic E-state index is 13.5. The fraction of sp³-hybridized carbons (Fsp3) is 0.182. The summed E-state index contributed by atoms with van der Waals surface area (Å²) in [5.74, 6) is -1.32. The van der Waals surface area contributed by atoms with Crippen molar-refractivity contribution in [3.05, 3.63) is 76.6 Å². The summed E-state index contributed by atoms with van der Waals surface area (Å²) in [5.41, 5.74) is 0.898. The normalized spacial score (nSPS) is 16.9. The van der Waals surface area contributed by atoms with Crippen LogP contribution in [0.2, 0.25) is 5.02 Å². The Morgan fingerprint density at radius 1 is 1.03 bits per heavy atom. The van der Waals surface area contributed by atoms with Crippen LogP contribution >= 0.6 is 22.9 Å². The van der Waals surface area contributed by atoms with Crippen molar-refractivity contribution in [1.29, 1.82) is 0 Å². The molecule has 1 atom stereocenters. The van der Waals surface area contributed by atoms with Gasteiger partial charge in [0.05, 0.1) is 17.0 Å². The maximum absolute atomic E-state index is 13.5. The number of imide groups is 1. The van der Waals surface area contributed by atoms with Crippen molar-refractivity contribution in [1.82, 2.24) is 4.31 Å². The average Bonchev–Trinajstić information content (AvgIpc) is 3.43. The molecule has 1 aromatic heterocycles. The molecule has 13 heteroatoms. The molecule has 2 N–H and O–H groups in total. The fourth-order valence-electron chi connectivity index (χ4n) is 3.80. The summed E-state index contributed by atoms with van der Waals surface area (Å²) in [6, 6.07) is 13.6. The lowest BCUT2D eigenvalue weighted by atomic mass is 10.1. The number of halogens is 1. The van der Waals surface area contributed by atoms with Crippen molar-refractivity contribution in [2.45, 2.75) is 28.0 Å². The van der Waals surface area contributed by atoms with Gasteiger partial charge in [-0.1, -0.05) is 29.8 Å². The van der Waals surface area contributed by atoms with E-state index in [9.17, 15) is 26.4 Å². The number of amides is 2. The molecule has 2 heterocycles. The van der Waals surface area contributed by atoms with Crippen LogP contribution in [0.25, 0.3) is 0 Å². The van der Waals surface area contributed by atoms with E-state index < -0.39 is 37.9 Å². The lowest BCUT2D eigenvalue weighted by Gasteiger charge is -2.26. The van der Waals surface area contributed by atoms with E-state index in [1.54, 1.807) is 35.7 Å². The molecule has 2 amide bonds. The van der Waals surface area contributed by atoms with E-state index in [4.69, 9.17) is 16.7 Å². The van der Waals surface area contributed by atoms with Crippen LogP contribution in [0.3, 0.4) is 0 Å². The molecule has 2 aromatic carbocycles. The quantitative estimate of drug-likeness (QED) is 0.426. The van der Waals surface area contributed by atoms with Crippen LogP contribution in [0.4, 0.5) is 5.69 Å². The first kappa shape index (κ1) is 25.5. The highest BCUT2D eigenvalue weighted by atomic mass is 35.5. The zero-order valence-electron chi connectivity index (χ0n) is 18.1. The van der Waals surface area contributed by atoms with Crippen molar-refractivity contribution in [2.75, 3.05) is 11.4 Å². The Morgan fingerprint density at radius 3 is 2.34 bits per heavy atom. The molecule has 4 rings (SSSR count). The number of primary sulfonamides is 1. The van der Waals surface area contributed by atoms with Crippen molar-refractivity contribution >= 4 is 60.5 Å². The van der Waals surface area contributed by atoms with Crippen molar-refractivity contribution in [2.24, 2.45) is 5.14 Å². The van der Waals surface area contributed by atoms with Crippen molar-refractivity contribution in [3.8, 4) is 0 Å². The highest BCUT2D eigenvalue weighted by molar-refractivity contribution is 7.91. The van der Waals surface area contributed by atoms with Gasteiger partial charge in [0.25, 0.3) is 15.9 Å². The third kappa shape index (κ3) is 5.32. The van der Waals surface area contributed by atoms with Gasteiger partial charge in [-0.15, -0.1) is 11.3 Å². The number of sulfonamides is 2. The van der Waals surface area contributed by atoms with E-state index >= 15 is 0 Å². The molecule has 1 saturated heterocycles. The van der Waals surface area contributed by atoms with Gasteiger partial charge in [0.1, 0.15) is 10.3 Å². The van der Waals surface area contributed by atoms with Gasteiger partial charge in [0, 0.05) is 11.6 Å². The first-order valence-electron chi connectivity index (χ1n) is 10.3. The second-order valence-electron chi connectivity index (χ2n) is 7.75. The van der Waals surface area contributed by atoms with Gasteiger partial charge < -0.3 is 0 Å². The number of nitrogens with zero attached hydrogens (tertiary/aromatic N) is 2. The molecule has 1 unspecified atom stereocenters. The Labute approximate surface area is 211 Å². The third-order valence-electron chi connectivity index (χ3n) is 5.46. The summed E-state index contributed by atoms with van der Waals surface area (Å²) in [6.45, 7) is -0.0531. The summed E-state index contributed by atoms with van der Waals surface area (Å²) < 4.78 is 51.1. The largest absolute Gasteiger partial charge is 0.274 e. The summed E-state index contributed by atoms with van der Waals surface area (Å²) in [4.78, 5) is 26.9. The minimum atomic E-state index is -4.09. The molecule has 1 fully saturated rings. The minimum Gasteiger partial charge on any atom is -0.274 e. The molecule has 0 bridgehead atoms. The van der Waals surface area contributed by atoms with Crippen molar-refractivity contribution < 1.29 is 26.4 Å². The molecule has 1 aliphatic heterocycles. The van der Waals surface area contributed by atoms with Crippen LogP contribution in [0.1, 0.15) is 12.0 Å². The van der Waals surface area contributed by atoms with Gasteiger partial charge in [-0.25, -0.2) is 26.9 Å². The molecule has 0 saturated carbocycles. The number of thiophene rings is 1. The van der Waals surface area contributed by atoms with Crippen LogP contribution in [0, 0.1) is 0 Å². The second kappa shape index (κ2) is 9.80. The third-order valence-corrected chi connectivity index (χ3v) is 9.91. The topological polar surface area (TPSA) is 135 Å². The van der Waals surface area contributed by atoms with Gasteiger partial charge >= 0.3 is 0 Å². The molecule has 184 valence electrons. The summed E-state index contributed by atoms with van der Waals surface area (Å²) in [7, 11) is -8.05. The lowest BCUT2D eigenvalue weighted by molar-refractivity contribution is -0.122. The van der Waals surface area contributed by atoms with Crippen LogP contribution < -0.4 is 10.0 Å². The smallest absolute Gasteiger partial charge is 0.253 e. The monoisotopic (exact) mass is 553 g/mol. The first-order chi connectivity index (χ1) is 16.5. The van der Waals surface area contributed by atoms with E-state index in [-0.39, 0.29) is 34.2 Å². The van der Waals surface area contributed by atoms with Crippen LogP contribution in [-0.2, 0) is 36.1 Å². The molecule has 0 radical (unpaired) electrons. The number of benzene rings is 2. The summed E-state index contributed by atoms with van der Waals surface area (Å²) in [6.07, 6.45) is -0.0812.